The van der Waals surface area contributed by atoms with E-state index in [1.54, 1.807) is 0 Å². The number of allylic oxidation sites excluding steroid dienone is 3. The molecule has 0 unspecified atom stereocenters. The summed E-state index contributed by atoms with van der Waals surface area (Å²) in [5.74, 6) is 0. The second-order valence-electron chi connectivity index (χ2n) is 1.98. The standard InChI is InChI=1S/C6H12.C4H8/c1-3-5-6-4-2;1-3-4-2/h5-6H,3-4H2,1-2H3;3H,1,4H2,2H3. The minimum atomic E-state index is 1.08. The van der Waals surface area contributed by atoms with Gasteiger partial charge >= 0.3 is 0 Å². The zero-order chi connectivity index (χ0) is 8.24. The van der Waals surface area contributed by atoms with Crippen LogP contribution in [0.15, 0.2) is 24.8 Å². The molecule has 0 N–H and O–H groups in total. The fourth-order valence-corrected chi connectivity index (χ4v) is 0.333. The molecule has 0 atom stereocenters. The Morgan fingerprint density at radius 3 is 1.30 bits per heavy atom. The lowest BCUT2D eigenvalue weighted by Crippen LogP contribution is -1.51. The predicted molar refractivity (Wildman–Crippen MR) is 50.2 cm³/mol. The molecule has 0 fully saturated rings. The Morgan fingerprint density at radius 1 is 0.900 bits per heavy atom. The molecule has 0 heterocycles. The Hall–Kier alpha value is -0.520. The molecular weight excluding hydrogens is 120 g/mol. The van der Waals surface area contributed by atoms with Crippen LogP contribution in [0, 0.1) is 0 Å². The zero-order valence-electron chi connectivity index (χ0n) is 7.56. The van der Waals surface area contributed by atoms with E-state index < -0.39 is 0 Å². The van der Waals surface area contributed by atoms with Crippen molar-refractivity contribution in [2.75, 3.05) is 0 Å². The fourth-order valence-electron chi connectivity index (χ4n) is 0.333. The van der Waals surface area contributed by atoms with Gasteiger partial charge < -0.3 is 0 Å². The first-order valence-corrected chi connectivity index (χ1v) is 4.09. The highest BCUT2D eigenvalue weighted by Crippen LogP contribution is 1.81. The second kappa shape index (κ2) is 15.8. The molecule has 0 radical (unpaired) electrons. The summed E-state index contributed by atoms with van der Waals surface area (Å²) >= 11 is 0. The van der Waals surface area contributed by atoms with E-state index in [0.717, 1.165) is 6.42 Å². The monoisotopic (exact) mass is 140 g/mol. The van der Waals surface area contributed by atoms with E-state index in [0.29, 0.717) is 0 Å². The van der Waals surface area contributed by atoms with Crippen molar-refractivity contribution in [2.45, 2.75) is 40.0 Å². The van der Waals surface area contributed by atoms with Crippen LogP contribution in [0.25, 0.3) is 0 Å². The summed E-state index contributed by atoms with van der Waals surface area (Å²) in [6.07, 6.45) is 9.67. The Labute approximate surface area is 65.7 Å². The first-order chi connectivity index (χ1) is 4.83. The molecule has 0 aliphatic heterocycles. The van der Waals surface area contributed by atoms with Crippen LogP contribution in [0.4, 0.5) is 0 Å². The minimum absolute atomic E-state index is 1.08. The summed E-state index contributed by atoms with van der Waals surface area (Å²) < 4.78 is 0. The van der Waals surface area contributed by atoms with Crippen LogP contribution < -0.4 is 0 Å². The van der Waals surface area contributed by atoms with Crippen LogP contribution in [0.2, 0.25) is 0 Å². The zero-order valence-corrected chi connectivity index (χ0v) is 7.56. The molecule has 0 amide bonds. The van der Waals surface area contributed by atoms with Crippen molar-refractivity contribution in [3.05, 3.63) is 24.8 Å². The Kier molecular flexibility index (Phi) is 19.3. The summed E-state index contributed by atoms with van der Waals surface area (Å²) in [6.45, 7) is 9.83. The van der Waals surface area contributed by atoms with Gasteiger partial charge in [-0.15, -0.1) is 6.58 Å². The maximum absolute atomic E-state index is 3.48. The van der Waals surface area contributed by atoms with Crippen LogP contribution >= 0.6 is 0 Å². The van der Waals surface area contributed by atoms with Crippen molar-refractivity contribution < 1.29 is 0 Å². The van der Waals surface area contributed by atoms with Crippen molar-refractivity contribution >= 4 is 0 Å². The van der Waals surface area contributed by atoms with Gasteiger partial charge in [0.2, 0.25) is 0 Å². The van der Waals surface area contributed by atoms with Crippen molar-refractivity contribution in [3.63, 3.8) is 0 Å². The van der Waals surface area contributed by atoms with Gasteiger partial charge in [0.05, 0.1) is 0 Å². The molecule has 0 nitrogen and oxygen atoms in total. The molecule has 0 aromatic rings. The summed E-state index contributed by atoms with van der Waals surface area (Å²) in [5, 5.41) is 0. The second-order valence-corrected chi connectivity index (χ2v) is 1.98. The van der Waals surface area contributed by atoms with E-state index in [1.807, 2.05) is 6.08 Å². The first kappa shape index (κ1) is 12.2. The normalized spacial score (nSPS) is 8.70. The summed E-state index contributed by atoms with van der Waals surface area (Å²) in [5.41, 5.74) is 0. The summed E-state index contributed by atoms with van der Waals surface area (Å²) in [4.78, 5) is 0. The van der Waals surface area contributed by atoms with Crippen LogP contribution in [0.3, 0.4) is 0 Å². The van der Waals surface area contributed by atoms with E-state index in [2.05, 4.69) is 39.5 Å². The van der Waals surface area contributed by atoms with Crippen LogP contribution in [0.1, 0.15) is 40.0 Å². The molecule has 0 aliphatic carbocycles. The number of hydrogen-bond donors (Lipinski definition) is 0. The van der Waals surface area contributed by atoms with E-state index in [9.17, 15) is 0 Å². The Bertz CT molecular complexity index is 64.1. The molecule has 0 rings (SSSR count). The molecule has 0 aromatic carbocycles. The highest BCUT2D eigenvalue weighted by Gasteiger charge is 1.60. The van der Waals surface area contributed by atoms with Crippen molar-refractivity contribution in [3.8, 4) is 0 Å². The third kappa shape index (κ3) is 25.9. The highest BCUT2D eigenvalue weighted by atomic mass is 13.7. The number of hydrogen-bond acceptors (Lipinski definition) is 0. The van der Waals surface area contributed by atoms with Gasteiger partial charge in [-0.25, -0.2) is 0 Å². The lowest BCUT2D eigenvalue weighted by atomic mass is 10.4. The van der Waals surface area contributed by atoms with Gasteiger partial charge in [0.25, 0.3) is 0 Å². The molecule has 0 aromatic heterocycles. The number of rotatable bonds is 3. The van der Waals surface area contributed by atoms with Crippen molar-refractivity contribution in [1.29, 1.82) is 0 Å². The first-order valence-electron chi connectivity index (χ1n) is 4.09. The van der Waals surface area contributed by atoms with Crippen molar-refractivity contribution in [2.24, 2.45) is 0 Å². The van der Waals surface area contributed by atoms with E-state index in [-0.39, 0.29) is 0 Å². The third-order valence-electron chi connectivity index (χ3n) is 0.927. The van der Waals surface area contributed by atoms with Gasteiger partial charge in [-0.1, -0.05) is 39.0 Å². The van der Waals surface area contributed by atoms with Gasteiger partial charge in [0.1, 0.15) is 0 Å². The van der Waals surface area contributed by atoms with Gasteiger partial charge in [0, 0.05) is 0 Å². The van der Waals surface area contributed by atoms with Gasteiger partial charge in [-0.05, 0) is 19.3 Å². The molecule has 0 saturated heterocycles. The van der Waals surface area contributed by atoms with E-state index in [4.69, 9.17) is 0 Å². The minimum Gasteiger partial charge on any atom is -0.103 e. The Balaban J connectivity index is 0. The van der Waals surface area contributed by atoms with Gasteiger partial charge in [-0.2, -0.15) is 0 Å². The molecule has 0 heteroatoms. The van der Waals surface area contributed by atoms with Crippen LogP contribution in [0.5, 0.6) is 0 Å². The molecule has 10 heavy (non-hydrogen) atoms. The quantitative estimate of drug-likeness (QED) is 0.521. The lowest BCUT2D eigenvalue weighted by molar-refractivity contribution is 1.16. The van der Waals surface area contributed by atoms with Gasteiger partial charge in [-0.3, -0.25) is 0 Å². The van der Waals surface area contributed by atoms with Gasteiger partial charge in [0.15, 0.2) is 0 Å². The summed E-state index contributed by atoms with van der Waals surface area (Å²) in [6, 6.07) is 0. The lowest BCUT2D eigenvalue weighted by Gasteiger charge is -1.72. The van der Waals surface area contributed by atoms with Crippen molar-refractivity contribution in [1.82, 2.24) is 0 Å². The smallest absolute Gasteiger partial charge is 0.0379 e. The average Bonchev–Trinajstić information content (AvgIpc) is 2.01. The van der Waals surface area contributed by atoms with E-state index >= 15 is 0 Å². The maximum atomic E-state index is 3.48. The highest BCUT2D eigenvalue weighted by molar-refractivity contribution is 4.77. The molecule has 0 aliphatic rings. The molecule has 0 saturated carbocycles. The average molecular weight is 140 g/mol. The Morgan fingerprint density at radius 2 is 1.20 bits per heavy atom. The SMILES string of the molecule is C=CCC.CCC=CCC. The largest absolute Gasteiger partial charge is 0.103 e. The molecule has 60 valence electrons. The maximum Gasteiger partial charge on any atom is -0.0379 e. The topological polar surface area (TPSA) is 0 Å². The fraction of sp³-hybridized carbons (Fsp3) is 0.600. The molecular formula is C10H20. The summed E-state index contributed by atoms with van der Waals surface area (Å²) in [7, 11) is 0. The van der Waals surface area contributed by atoms with Crippen LogP contribution in [-0.4, -0.2) is 0 Å². The third-order valence-corrected chi connectivity index (χ3v) is 0.927. The van der Waals surface area contributed by atoms with Crippen LogP contribution in [-0.2, 0) is 0 Å². The predicted octanol–water partition coefficient (Wildman–Crippen LogP) is 3.95. The molecule has 0 spiro atoms. The van der Waals surface area contributed by atoms with E-state index in [1.165, 1.54) is 12.8 Å². The molecule has 0 bridgehead atoms.